The number of aliphatic hydroxyl groups is 1. The molecule has 8 heteroatoms. The van der Waals surface area contributed by atoms with Gasteiger partial charge in [0, 0.05) is 13.1 Å². The molecule has 7 nitrogen and oxygen atoms in total. The van der Waals surface area contributed by atoms with E-state index in [1.807, 2.05) is 30.3 Å². The maximum Gasteiger partial charge on any atom is 0.257 e. The molecule has 4 atom stereocenters. The molecule has 0 unspecified atom stereocenters. The van der Waals surface area contributed by atoms with E-state index in [1.165, 1.54) is 23.1 Å². The summed E-state index contributed by atoms with van der Waals surface area (Å²) < 4.78 is 26.0. The SMILES string of the molecule is O=C(C[C@@H]1CC[C@@H]2[C@H](COC[C@H](O)CN2C(=O)c2ccccc2F)O1)NCc1ccccc1. The molecule has 2 aliphatic heterocycles. The minimum absolute atomic E-state index is 0.0277. The van der Waals surface area contributed by atoms with Crippen molar-refractivity contribution in [1.82, 2.24) is 10.2 Å². The molecule has 0 aliphatic carbocycles. The molecule has 0 aromatic heterocycles. The van der Waals surface area contributed by atoms with E-state index in [2.05, 4.69) is 5.32 Å². The number of nitrogens with one attached hydrogen (secondary N) is 1. The van der Waals surface area contributed by atoms with Crippen molar-refractivity contribution in [1.29, 1.82) is 0 Å². The Balaban J connectivity index is 1.40. The van der Waals surface area contributed by atoms with Crippen LogP contribution >= 0.6 is 0 Å². The van der Waals surface area contributed by atoms with Gasteiger partial charge in [0.1, 0.15) is 11.9 Å². The van der Waals surface area contributed by atoms with E-state index in [0.717, 1.165) is 5.56 Å². The van der Waals surface area contributed by atoms with E-state index in [1.54, 1.807) is 6.07 Å². The summed E-state index contributed by atoms with van der Waals surface area (Å²) in [4.78, 5) is 27.1. The Kier molecular flexibility index (Phi) is 7.69. The zero-order chi connectivity index (χ0) is 23.2. The van der Waals surface area contributed by atoms with Gasteiger partial charge in [0.05, 0.1) is 43.4 Å². The van der Waals surface area contributed by atoms with Crippen LogP contribution in [0.15, 0.2) is 54.6 Å². The minimum atomic E-state index is -0.872. The Morgan fingerprint density at radius 3 is 2.61 bits per heavy atom. The summed E-state index contributed by atoms with van der Waals surface area (Å²) in [5, 5.41) is 13.2. The third-order valence-corrected chi connectivity index (χ3v) is 6.09. The van der Waals surface area contributed by atoms with Gasteiger partial charge in [-0.2, -0.15) is 0 Å². The Labute approximate surface area is 192 Å². The van der Waals surface area contributed by atoms with Crippen LogP contribution in [0.5, 0.6) is 0 Å². The summed E-state index contributed by atoms with van der Waals surface area (Å²) in [5.41, 5.74) is 0.983. The maximum atomic E-state index is 14.3. The second-order valence-electron chi connectivity index (χ2n) is 8.54. The van der Waals surface area contributed by atoms with Gasteiger partial charge in [-0.3, -0.25) is 9.59 Å². The molecule has 0 saturated carbocycles. The first kappa shape index (κ1) is 23.4. The minimum Gasteiger partial charge on any atom is -0.389 e. The van der Waals surface area contributed by atoms with Crippen molar-refractivity contribution in [2.45, 2.75) is 50.2 Å². The first-order chi connectivity index (χ1) is 16.0. The average Bonchev–Trinajstić information content (AvgIpc) is 2.81. The number of benzene rings is 2. The van der Waals surface area contributed by atoms with Crippen LogP contribution in [0.2, 0.25) is 0 Å². The second kappa shape index (κ2) is 10.9. The van der Waals surface area contributed by atoms with E-state index >= 15 is 0 Å². The molecule has 4 rings (SSSR count). The van der Waals surface area contributed by atoms with Crippen molar-refractivity contribution >= 4 is 11.8 Å². The van der Waals surface area contributed by atoms with Crippen LogP contribution in [0, 0.1) is 5.82 Å². The van der Waals surface area contributed by atoms with Crippen molar-refractivity contribution in [3.05, 3.63) is 71.5 Å². The second-order valence-corrected chi connectivity index (χ2v) is 8.54. The first-order valence-corrected chi connectivity index (χ1v) is 11.3. The number of hydrogen-bond acceptors (Lipinski definition) is 5. The standard InChI is InChI=1S/C25H29FN2O5/c26-21-9-5-4-8-20(21)25(31)28-14-18(29)15-32-16-23-22(28)11-10-19(33-23)12-24(30)27-13-17-6-2-1-3-7-17/h1-9,18-19,22-23,29H,10-16H2,(H,27,30)/t18-,19+,22-,23+/m1/s1. The van der Waals surface area contributed by atoms with Gasteiger partial charge in [-0.1, -0.05) is 42.5 Å². The summed E-state index contributed by atoms with van der Waals surface area (Å²) in [6, 6.07) is 15.1. The molecule has 2 aromatic rings. The fourth-order valence-corrected chi connectivity index (χ4v) is 4.44. The molecular weight excluding hydrogens is 427 g/mol. The summed E-state index contributed by atoms with van der Waals surface area (Å²) >= 11 is 0. The van der Waals surface area contributed by atoms with Crippen LogP contribution in [-0.2, 0) is 20.8 Å². The van der Waals surface area contributed by atoms with Crippen molar-refractivity contribution in [2.75, 3.05) is 19.8 Å². The van der Waals surface area contributed by atoms with Crippen LogP contribution in [0.3, 0.4) is 0 Å². The number of halogens is 1. The van der Waals surface area contributed by atoms with E-state index in [4.69, 9.17) is 9.47 Å². The van der Waals surface area contributed by atoms with Crippen molar-refractivity contribution in [2.24, 2.45) is 0 Å². The van der Waals surface area contributed by atoms with Crippen LogP contribution in [-0.4, -0.2) is 65.9 Å². The number of nitrogens with zero attached hydrogens (tertiary/aromatic N) is 1. The molecule has 2 fully saturated rings. The zero-order valence-electron chi connectivity index (χ0n) is 18.4. The summed E-state index contributed by atoms with van der Waals surface area (Å²) in [7, 11) is 0. The highest BCUT2D eigenvalue weighted by Gasteiger charge is 2.40. The van der Waals surface area contributed by atoms with Crippen LogP contribution in [0.4, 0.5) is 4.39 Å². The molecular formula is C25H29FN2O5. The smallest absolute Gasteiger partial charge is 0.257 e. The third kappa shape index (κ3) is 5.96. The molecule has 0 bridgehead atoms. The highest BCUT2D eigenvalue weighted by Crippen LogP contribution is 2.29. The molecule has 33 heavy (non-hydrogen) atoms. The fraction of sp³-hybridized carbons (Fsp3) is 0.440. The van der Waals surface area contributed by atoms with Gasteiger partial charge >= 0.3 is 0 Å². The quantitative estimate of drug-likeness (QED) is 0.721. The first-order valence-electron chi connectivity index (χ1n) is 11.3. The lowest BCUT2D eigenvalue weighted by Gasteiger charge is -2.44. The number of fused-ring (bicyclic) bond motifs is 1. The van der Waals surface area contributed by atoms with E-state index in [-0.39, 0.29) is 49.8 Å². The van der Waals surface area contributed by atoms with Crippen LogP contribution in [0.1, 0.15) is 35.2 Å². The van der Waals surface area contributed by atoms with Gasteiger partial charge in [-0.25, -0.2) is 4.39 Å². The predicted octanol–water partition coefficient (Wildman–Crippen LogP) is 2.28. The highest BCUT2D eigenvalue weighted by molar-refractivity contribution is 5.94. The molecule has 2 amide bonds. The molecule has 0 spiro atoms. The Morgan fingerprint density at radius 1 is 1.06 bits per heavy atom. The predicted molar refractivity (Wildman–Crippen MR) is 119 cm³/mol. The van der Waals surface area contributed by atoms with Gasteiger partial charge in [0.25, 0.3) is 5.91 Å². The lowest BCUT2D eigenvalue weighted by atomic mass is 9.94. The number of hydrogen-bond donors (Lipinski definition) is 2. The van der Waals surface area contributed by atoms with Gasteiger partial charge in [0.2, 0.25) is 5.91 Å². The average molecular weight is 457 g/mol. The number of amides is 2. The van der Waals surface area contributed by atoms with Crippen molar-refractivity contribution in [3.63, 3.8) is 0 Å². The summed E-state index contributed by atoms with van der Waals surface area (Å²) in [6.07, 6.45) is -0.299. The van der Waals surface area contributed by atoms with Crippen molar-refractivity contribution in [3.8, 4) is 0 Å². The van der Waals surface area contributed by atoms with Gasteiger partial charge < -0.3 is 24.8 Å². The molecule has 2 heterocycles. The van der Waals surface area contributed by atoms with Crippen molar-refractivity contribution < 1.29 is 28.6 Å². The van der Waals surface area contributed by atoms with Crippen LogP contribution in [0.25, 0.3) is 0 Å². The van der Waals surface area contributed by atoms with Crippen LogP contribution < -0.4 is 5.32 Å². The fourth-order valence-electron chi connectivity index (χ4n) is 4.44. The molecule has 2 saturated heterocycles. The number of carbonyl (C=O) groups is 2. The topological polar surface area (TPSA) is 88.1 Å². The molecule has 2 aliphatic rings. The molecule has 0 radical (unpaired) electrons. The summed E-state index contributed by atoms with van der Waals surface area (Å²) in [5.74, 6) is -1.19. The monoisotopic (exact) mass is 456 g/mol. The molecule has 2 N–H and O–H groups in total. The lowest BCUT2D eigenvalue weighted by Crippen LogP contribution is -2.57. The molecule has 2 aromatic carbocycles. The van der Waals surface area contributed by atoms with E-state index < -0.39 is 23.9 Å². The number of carbonyl (C=O) groups excluding carboxylic acids is 2. The normalized spacial score (nSPS) is 25.5. The zero-order valence-corrected chi connectivity index (χ0v) is 18.4. The van der Waals surface area contributed by atoms with E-state index in [9.17, 15) is 19.1 Å². The number of aliphatic hydroxyl groups excluding tert-OH is 1. The number of rotatable bonds is 5. The largest absolute Gasteiger partial charge is 0.389 e. The lowest BCUT2D eigenvalue weighted by molar-refractivity contribution is -0.151. The van der Waals surface area contributed by atoms with Gasteiger partial charge in [-0.15, -0.1) is 0 Å². The van der Waals surface area contributed by atoms with Gasteiger partial charge in [-0.05, 0) is 30.5 Å². The maximum absolute atomic E-state index is 14.3. The van der Waals surface area contributed by atoms with E-state index in [0.29, 0.717) is 19.4 Å². The van der Waals surface area contributed by atoms with Gasteiger partial charge in [0.15, 0.2) is 0 Å². The molecule has 176 valence electrons. The summed E-state index contributed by atoms with van der Waals surface area (Å²) in [6.45, 7) is 0.713. The highest BCUT2D eigenvalue weighted by atomic mass is 19.1. The Hall–Kier alpha value is -2.81. The Morgan fingerprint density at radius 2 is 1.82 bits per heavy atom. The number of ether oxygens (including phenoxy) is 2. The Bertz CT molecular complexity index is 957. The number of β-amino-alcohol motifs (C(OH)–C–C–N with tert-alkyl or cyclic N) is 1. The third-order valence-electron chi connectivity index (χ3n) is 6.09.